The Balaban J connectivity index is 2.21. The summed E-state index contributed by atoms with van der Waals surface area (Å²) in [5, 5.41) is 19.6. The number of aryl methyl sites for hydroxylation is 1. The third-order valence-electron chi connectivity index (χ3n) is 3.57. The molecule has 3 amide bonds. The number of carbonyl (C=O) groups is 3. The Morgan fingerprint density at radius 1 is 1.43 bits per heavy atom. The summed E-state index contributed by atoms with van der Waals surface area (Å²) >= 11 is 1.05. The van der Waals surface area contributed by atoms with Crippen molar-refractivity contribution >= 4 is 34.4 Å². The lowest BCUT2D eigenvalue weighted by Gasteiger charge is -2.25. The van der Waals surface area contributed by atoms with Gasteiger partial charge in [-0.05, 0) is 12.8 Å². The summed E-state index contributed by atoms with van der Waals surface area (Å²) in [5.74, 6) is -1.38. The summed E-state index contributed by atoms with van der Waals surface area (Å²) in [6.07, 6.45) is 0.149. The molecule has 0 bridgehead atoms. The Labute approximate surface area is 125 Å². The molecule has 1 aromatic rings. The molecule has 0 radical (unpaired) electrons. The first kappa shape index (κ1) is 15.4. The van der Waals surface area contributed by atoms with Gasteiger partial charge in [0.25, 0.3) is 5.91 Å². The van der Waals surface area contributed by atoms with Gasteiger partial charge in [-0.15, -0.1) is 10.2 Å². The largest absolute Gasteiger partial charge is 0.481 e. The summed E-state index contributed by atoms with van der Waals surface area (Å²) in [5.41, 5.74) is -0.968. The van der Waals surface area contributed by atoms with Gasteiger partial charge in [0.15, 0.2) is 0 Å². The van der Waals surface area contributed by atoms with Gasteiger partial charge in [0.2, 0.25) is 5.13 Å². The molecule has 1 saturated heterocycles. The molecule has 2 rings (SSSR count). The Morgan fingerprint density at radius 3 is 2.62 bits per heavy atom. The monoisotopic (exact) mass is 312 g/mol. The number of aromatic nitrogens is 2. The van der Waals surface area contributed by atoms with Crippen LogP contribution < -0.4 is 10.2 Å². The van der Waals surface area contributed by atoms with Gasteiger partial charge < -0.3 is 10.4 Å². The van der Waals surface area contributed by atoms with Crippen molar-refractivity contribution in [1.29, 1.82) is 0 Å². The van der Waals surface area contributed by atoms with Gasteiger partial charge in [0.1, 0.15) is 10.5 Å². The van der Waals surface area contributed by atoms with Gasteiger partial charge in [0.05, 0.1) is 6.42 Å². The van der Waals surface area contributed by atoms with E-state index >= 15 is 0 Å². The quantitative estimate of drug-likeness (QED) is 0.785. The Hall–Kier alpha value is -2.03. The van der Waals surface area contributed by atoms with Crippen LogP contribution >= 0.6 is 11.3 Å². The number of amides is 3. The van der Waals surface area contributed by atoms with Gasteiger partial charge in [-0.1, -0.05) is 25.2 Å². The maximum absolute atomic E-state index is 12.4. The van der Waals surface area contributed by atoms with Crippen molar-refractivity contribution in [3.63, 3.8) is 0 Å². The van der Waals surface area contributed by atoms with Gasteiger partial charge in [-0.3, -0.25) is 9.59 Å². The molecular formula is C12H16N4O4S. The van der Waals surface area contributed by atoms with Gasteiger partial charge >= 0.3 is 12.0 Å². The summed E-state index contributed by atoms with van der Waals surface area (Å²) < 4.78 is 0. The lowest BCUT2D eigenvalue weighted by Crippen LogP contribution is -2.48. The van der Waals surface area contributed by atoms with E-state index in [0.29, 0.717) is 5.01 Å². The Kier molecular flexibility index (Phi) is 3.95. The number of carboxylic acid groups (broad SMARTS) is 1. The van der Waals surface area contributed by atoms with E-state index in [1.165, 1.54) is 0 Å². The molecule has 1 aromatic heterocycles. The van der Waals surface area contributed by atoms with E-state index in [-0.39, 0.29) is 29.8 Å². The zero-order chi connectivity index (χ0) is 15.8. The minimum atomic E-state index is -0.968. The van der Waals surface area contributed by atoms with E-state index in [1.807, 2.05) is 13.8 Å². The average Bonchev–Trinajstić information content (AvgIpc) is 2.92. The molecule has 0 spiro atoms. The highest BCUT2D eigenvalue weighted by molar-refractivity contribution is 7.15. The number of rotatable bonds is 5. The number of urea groups is 1. The van der Waals surface area contributed by atoms with Crippen LogP contribution in [0.15, 0.2) is 0 Å². The van der Waals surface area contributed by atoms with Crippen LogP contribution in [0.4, 0.5) is 9.93 Å². The lowest BCUT2D eigenvalue weighted by molar-refractivity contribution is -0.137. The normalized spacial score (nSPS) is 22.0. The summed E-state index contributed by atoms with van der Waals surface area (Å²) in [6, 6.07) is -0.530. The molecule has 0 saturated carbocycles. The van der Waals surface area contributed by atoms with Crippen molar-refractivity contribution in [2.75, 3.05) is 4.90 Å². The highest BCUT2D eigenvalue weighted by atomic mass is 32.1. The molecule has 0 aliphatic carbocycles. The minimum absolute atomic E-state index is 0.0709. The van der Waals surface area contributed by atoms with Crippen LogP contribution in [0.2, 0.25) is 0 Å². The maximum atomic E-state index is 12.4. The van der Waals surface area contributed by atoms with E-state index in [9.17, 15) is 14.4 Å². The molecule has 1 fully saturated rings. The van der Waals surface area contributed by atoms with Crippen LogP contribution in [0, 0.1) is 5.92 Å². The van der Waals surface area contributed by atoms with Crippen molar-refractivity contribution in [3.8, 4) is 0 Å². The number of aliphatic carboxylic acids is 1. The number of carboxylic acids is 1. The number of nitrogens with one attached hydrogen (secondary N) is 1. The average molecular weight is 312 g/mol. The predicted molar refractivity (Wildman–Crippen MR) is 75.1 cm³/mol. The highest BCUT2D eigenvalue weighted by Crippen LogP contribution is 2.31. The second kappa shape index (κ2) is 5.40. The van der Waals surface area contributed by atoms with Crippen LogP contribution in [0.5, 0.6) is 0 Å². The molecule has 1 unspecified atom stereocenters. The van der Waals surface area contributed by atoms with E-state index < -0.39 is 17.5 Å². The molecule has 9 heteroatoms. The highest BCUT2D eigenvalue weighted by Gasteiger charge is 2.51. The Bertz CT molecular complexity index is 600. The van der Waals surface area contributed by atoms with Crippen molar-refractivity contribution in [1.82, 2.24) is 15.5 Å². The maximum Gasteiger partial charge on any atom is 0.331 e. The summed E-state index contributed by atoms with van der Waals surface area (Å²) in [4.78, 5) is 36.0. The van der Waals surface area contributed by atoms with Crippen molar-refractivity contribution in [2.45, 2.75) is 39.2 Å². The summed E-state index contributed by atoms with van der Waals surface area (Å²) in [7, 11) is 0. The topological polar surface area (TPSA) is 112 Å². The lowest BCUT2D eigenvalue weighted by atomic mass is 9.89. The number of hydrogen-bond donors (Lipinski definition) is 2. The molecule has 8 nitrogen and oxygen atoms in total. The van der Waals surface area contributed by atoms with Crippen LogP contribution in [-0.2, 0) is 16.0 Å². The van der Waals surface area contributed by atoms with Gasteiger partial charge in [-0.25, -0.2) is 9.69 Å². The number of hydrogen-bond acceptors (Lipinski definition) is 6. The molecular weight excluding hydrogens is 296 g/mol. The minimum Gasteiger partial charge on any atom is -0.481 e. The molecule has 1 aliphatic rings. The van der Waals surface area contributed by atoms with E-state index in [0.717, 1.165) is 16.2 Å². The van der Waals surface area contributed by atoms with Crippen molar-refractivity contribution in [3.05, 3.63) is 5.01 Å². The summed E-state index contributed by atoms with van der Waals surface area (Å²) in [6.45, 7) is 5.37. The van der Waals surface area contributed by atoms with Gasteiger partial charge in [-0.2, -0.15) is 0 Å². The van der Waals surface area contributed by atoms with E-state index in [2.05, 4.69) is 15.5 Å². The molecule has 1 aliphatic heterocycles. The van der Waals surface area contributed by atoms with Crippen molar-refractivity contribution < 1.29 is 19.5 Å². The molecule has 2 heterocycles. The first-order valence-corrected chi connectivity index (χ1v) is 7.28. The van der Waals surface area contributed by atoms with E-state index in [1.54, 1.807) is 6.92 Å². The first-order chi connectivity index (χ1) is 9.75. The first-order valence-electron chi connectivity index (χ1n) is 6.46. The van der Waals surface area contributed by atoms with Crippen LogP contribution in [0.25, 0.3) is 0 Å². The number of anilines is 1. The second-order valence-corrected chi connectivity index (χ2v) is 6.34. The second-order valence-electron chi connectivity index (χ2n) is 5.30. The molecule has 2 N–H and O–H groups in total. The zero-order valence-electron chi connectivity index (χ0n) is 11.9. The molecule has 21 heavy (non-hydrogen) atoms. The standard InChI is InChI=1S/C12H16N4O4S/c1-6(2)12(3)9(19)16(10(20)13-12)11-15-14-7(21-11)4-5-8(17)18/h6H,4-5H2,1-3H3,(H,13,20)(H,17,18). The van der Waals surface area contributed by atoms with Crippen molar-refractivity contribution in [2.24, 2.45) is 5.92 Å². The van der Waals surface area contributed by atoms with E-state index in [4.69, 9.17) is 5.11 Å². The fraction of sp³-hybridized carbons (Fsp3) is 0.583. The van der Waals surface area contributed by atoms with Gasteiger partial charge in [0, 0.05) is 6.42 Å². The molecule has 114 valence electrons. The van der Waals surface area contributed by atoms with Crippen LogP contribution in [-0.4, -0.2) is 38.8 Å². The zero-order valence-corrected chi connectivity index (χ0v) is 12.7. The van der Waals surface area contributed by atoms with Crippen LogP contribution in [0.1, 0.15) is 32.2 Å². The molecule has 1 atom stereocenters. The smallest absolute Gasteiger partial charge is 0.331 e. The number of imide groups is 1. The molecule has 0 aromatic carbocycles. The number of nitrogens with zero attached hydrogens (tertiary/aromatic N) is 3. The fourth-order valence-electron chi connectivity index (χ4n) is 1.87. The van der Waals surface area contributed by atoms with Crippen LogP contribution in [0.3, 0.4) is 0 Å². The number of carbonyl (C=O) groups excluding carboxylic acids is 2. The third-order valence-corrected chi connectivity index (χ3v) is 4.54. The third kappa shape index (κ3) is 2.73. The Morgan fingerprint density at radius 2 is 2.10 bits per heavy atom. The SMILES string of the molecule is CC(C)C1(C)NC(=O)N(c2nnc(CCC(=O)O)s2)C1=O. The fourth-order valence-corrected chi connectivity index (χ4v) is 2.71. The predicted octanol–water partition coefficient (Wildman–Crippen LogP) is 1.03.